The normalized spacial score (nSPS) is 24.6. The number of aromatic nitrogens is 2. The molecule has 0 bridgehead atoms. The largest absolute Gasteiger partial charge is 0.372 e. The van der Waals surface area contributed by atoms with Crippen LogP contribution in [0.15, 0.2) is 18.5 Å². The zero-order valence-corrected chi connectivity index (χ0v) is 10.8. The zero-order chi connectivity index (χ0) is 12.1. The molecule has 0 aliphatic carbocycles. The van der Waals surface area contributed by atoms with Crippen molar-refractivity contribution in [3.05, 3.63) is 18.5 Å². The molecule has 0 aromatic carbocycles. The van der Waals surface area contributed by atoms with E-state index in [0.717, 1.165) is 32.5 Å². The Balaban J connectivity index is 1.65. The van der Waals surface area contributed by atoms with Crippen LogP contribution in [-0.2, 0) is 11.3 Å². The van der Waals surface area contributed by atoms with Crippen molar-refractivity contribution >= 4 is 0 Å². The molecule has 1 aromatic heterocycles. The minimum atomic E-state index is 0.334. The van der Waals surface area contributed by atoms with Crippen LogP contribution in [0.25, 0.3) is 0 Å². The number of rotatable bonds is 6. The van der Waals surface area contributed by atoms with E-state index in [9.17, 15) is 0 Å². The van der Waals surface area contributed by atoms with Gasteiger partial charge in [0, 0.05) is 18.9 Å². The van der Waals surface area contributed by atoms with Crippen LogP contribution in [0, 0.1) is 5.92 Å². The molecule has 1 N–H and O–H groups in total. The lowest BCUT2D eigenvalue weighted by molar-refractivity contribution is 0.0340. The number of hydrogen-bond donors (Lipinski definition) is 1. The molecule has 1 saturated heterocycles. The second kappa shape index (κ2) is 6.17. The van der Waals surface area contributed by atoms with Gasteiger partial charge in [-0.25, -0.2) is 0 Å². The highest BCUT2D eigenvalue weighted by Gasteiger charge is 2.25. The quantitative estimate of drug-likeness (QED) is 0.818. The highest BCUT2D eigenvalue weighted by molar-refractivity contribution is 4.81. The molecule has 2 heterocycles. The van der Waals surface area contributed by atoms with E-state index in [1.165, 1.54) is 0 Å². The number of nitrogens with one attached hydrogen (secondary N) is 1. The van der Waals surface area contributed by atoms with Crippen LogP contribution in [0.4, 0.5) is 0 Å². The van der Waals surface area contributed by atoms with E-state index in [2.05, 4.69) is 24.3 Å². The summed E-state index contributed by atoms with van der Waals surface area (Å²) in [6.45, 7) is 7.39. The van der Waals surface area contributed by atoms with Gasteiger partial charge in [-0.15, -0.1) is 0 Å². The molecule has 1 aliphatic rings. The van der Waals surface area contributed by atoms with Crippen LogP contribution < -0.4 is 5.32 Å². The molecule has 4 heteroatoms. The maximum absolute atomic E-state index is 5.99. The lowest BCUT2D eigenvalue weighted by Gasteiger charge is -2.15. The van der Waals surface area contributed by atoms with Gasteiger partial charge in [-0.3, -0.25) is 4.68 Å². The summed E-state index contributed by atoms with van der Waals surface area (Å²) in [7, 11) is 0. The van der Waals surface area contributed by atoms with Gasteiger partial charge in [0.2, 0.25) is 0 Å². The minimum Gasteiger partial charge on any atom is -0.372 e. The Kier molecular flexibility index (Phi) is 4.57. The van der Waals surface area contributed by atoms with E-state index < -0.39 is 0 Å². The van der Waals surface area contributed by atoms with Gasteiger partial charge in [0.25, 0.3) is 0 Å². The Morgan fingerprint density at radius 2 is 2.24 bits per heavy atom. The Hall–Kier alpha value is -0.870. The smallest absolute Gasteiger partial charge is 0.0776 e. The van der Waals surface area contributed by atoms with Crippen molar-refractivity contribution < 1.29 is 4.74 Å². The molecule has 2 rings (SSSR count). The third-order valence-corrected chi connectivity index (χ3v) is 3.07. The molecule has 4 nitrogen and oxygen atoms in total. The second-order valence-corrected chi connectivity index (χ2v) is 5.24. The fraction of sp³-hybridized carbons (Fsp3) is 0.769. The van der Waals surface area contributed by atoms with Crippen molar-refractivity contribution in [1.82, 2.24) is 15.1 Å². The van der Waals surface area contributed by atoms with Gasteiger partial charge >= 0.3 is 0 Å². The Bertz CT molecular complexity index is 310. The van der Waals surface area contributed by atoms with Crippen LogP contribution in [0.2, 0.25) is 0 Å². The average molecular weight is 237 g/mol. The highest BCUT2D eigenvalue weighted by Crippen LogP contribution is 2.20. The summed E-state index contributed by atoms with van der Waals surface area (Å²) in [5.41, 5.74) is 0. The van der Waals surface area contributed by atoms with Crippen molar-refractivity contribution in [3.63, 3.8) is 0 Å². The summed E-state index contributed by atoms with van der Waals surface area (Å²) in [6, 6.07) is 1.95. The number of nitrogens with zero attached hydrogens (tertiary/aromatic N) is 2. The van der Waals surface area contributed by atoms with Gasteiger partial charge < -0.3 is 10.1 Å². The first-order valence-electron chi connectivity index (χ1n) is 6.57. The molecule has 17 heavy (non-hydrogen) atoms. The maximum Gasteiger partial charge on any atom is 0.0776 e. The fourth-order valence-electron chi connectivity index (χ4n) is 2.21. The topological polar surface area (TPSA) is 39.1 Å². The molecular weight excluding hydrogens is 214 g/mol. The standard InChI is InChI=1S/C13H23N3O/c1-11(2)8-14-9-12-4-5-13(17-12)10-16-7-3-6-15-16/h3,6-7,11-14H,4-5,8-10H2,1-2H3. The van der Waals surface area contributed by atoms with E-state index >= 15 is 0 Å². The molecule has 2 unspecified atom stereocenters. The fourth-order valence-corrected chi connectivity index (χ4v) is 2.21. The monoisotopic (exact) mass is 237 g/mol. The van der Waals surface area contributed by atoms with E-state index in [0.29, 0.717) is 18.1 Å². The van der Waals surface area contributed by atoms with Gasteiger partial charge in [0.1, 0.15) is 0 Å². The molecule has 1 fully saturated rings. The Labute approximate surface area is 103 Å². The van der Waals surface area contributed by atoms with Crippen molar-refractivity contribution in [2.75, 3.05) is 13.1 Å². The third-order valence-electron chi connectivity index (χ3n) is 3.07. The van der Waals surface area contributed by atoms with Crippen LogP contribution in [0.1, 0.15) is 26.7 Å². The van der Waals surface area contributed by atoms with Gasteiger partial charge in [-0.1, -0.05) is 13.8 Å². The van der Waals surface area contributed by atoms with Crippen molar-refractivity contribution in [3.8, 4) is 0 Å². The summed E-state index contributed by atoms with van der Waals surface area (Å²) in [6.07, 6.45) is 6.84. The molecule has 0 radical (unpaired) electrons. The van der Waals surface area contributed by atoms with Crippen LogP contribution in [0.5, 0.6) is 0 Å². The molecule has 1 aliphatic heterocycles. The Morgan fingerprint density at radius 1 is 1.41 bits per heavy atom. The van der Waals surface area contributed by atoms with Crippen LogP contribution in [-0.4, -0.2) is 35.1 Å². The molecule has 96 valence electrons. The average Bonchev–Trinajstić information content (AvgIpc) is 2.90. The van der Waals surface area contributed by atoms with Gasteiger partial charge in [0.05, 0.1) is 18.8 Å². The van der Waals surface area contributed by atoms with Gasteiger partial charge in [0.15, 0.2) is 0 Å². The summed E-state index contributed by atoms with van der Waals surface area (Å²) in [5.74, 6) is 0.705. The zero-order valence-electron chi connectivity index (χ0n) is 10.8. The minimum absolute atomic E-state index is 0.334. The van der Waals surface area contributed by atoms with Gasteiger partial charge in [-0.2, -0.15) is 5.10 Å². The first-order chi connectivity index (χ1) is 8.24. The van der Waals surface area contributed by atoms with E-state index in [-0.39, 0.29) is 0 Å². The highest BCUT2D eigenvalue weighted by atomic mass is 16.5. The lowest BCUT2D eigenvalue weighted by Crippen LogP contribution is -2.30. The molecule has 0 spiro atoms. The van der Waals surface area contributed by atoms with Crippen molar-refractivity contribution in [2.24, 2.45) is 5.92 Å². The van der Waals surface area contributed by atoms with Gasteiger partial charge in [-0.05, 0) is 31.4 Å². The molecule has 2 atom stereocenters. The maximum atomic E-state index is 5.99. The molecule has 0 amide bonds. The summed E-state index contributed by atoms with van der Waals surface area (Å²) < 4.78 is 7.95. The summed E-state index contributed by atoms with van der Waals surface area (Å²) in [5, 5.41) is 7.67. The van der Waals surface area contributed by atoms with E-state index in [1.54, 1.807) is 0 Å². The predicted molar refractivity (Wildman–Crippen MR) is 67.8 cm³/mol. The first kappa shape index (κ1) is 12.6. The van der Waals surface area contributed by atoms with Crippen molar-refractivity contribution in [2.45, 2.75) is 45.4 Å². The molecular formula is C13H23N3O. The summed E-state index contributed by atoms with van der Waals surface area (Å²) in [4.78, 5) is 0. The number of hydrogen-bond acceptors (Lipinski definition) is 3. The first-order valence-corrected chi connectivity index (χ1v) is 6.57. The predicted octanol–water partition coefficient (Wildman–Crippen LogP) is 1.68. The third kappa shape index (κ3) is 4.13. The SMILES string of the molecule is CC(C)CNCC1CCC(Cn2cccn2)O1. The molecule has 0 saturated carbocycles. The Morgan fingerprint density at radius 3 is 2.94 bits per heavy atom. The summed E-state index contributed by atoms with van der Waals surface area (Å²) >= 11 is 0. The van der Waals surface area contributed by atoms with Crippen LogP contribution in [0.3, 0.4) is 0 Å². The van der Waals surface area contributed by atoms with Crippen molar-refractivity contribution in [1.29, 1.82) is 0 Å². The number of ether oxygens (including phenoxy) is 1. The van der Waals surface area contributed by atoms with E-state index in [1.807, 2.05) is 23.1 Å². The lowest BCUT2D eigenvalue weighted by atomic mass is 10.2. The second-order valence-electron chi connectivity index (χ2n) is 5.24. The molecule has 1 aromatic rings. The van der Waals surface area contributed by atoms with E-state index in [4.69, 9.17) is 4.74 Å². The van der Waals surface area contributed by atoms with Crippen LogP contribution >= 0.6 is 0 Å².